The van der Waals surface area contributed by atoms with Crippen LogP contribution in [0.1, 0.15) is 290 Å². The third kappa shape index (κ3) is 50.2. The monoisotopic (exact) mass is 928 g/mol. The zero-order valence-corrected chi connectivity index (χ0v) is 43.2. The number of allylic oxidation sites excluding steroid dienone is 2. The minimum Gasteiger partial charge on any atom is -0.462 e. The number of phosphoric ester groups is 1. The number of carbonyl (C=O) groups is 2. The summed E-state index contributed by atoms with van der Waals surface area (Å²) in [6, 6.07) is 0. The first-order valence-electron chi connectivity index (χ1n) is 27.7. The molecular weight excluding hydrogens is 822 g/mol. The van der Waals surface area contributed by atoms with Crippen LogP contribution < -0.4 is 5.73 Å². The Balaban J connectivity index is 3.70. The van der Waals surface area contributed by atoms with Crippen LogP contribution in [-0.2, 0) is 32.7 Å². The quantitative estimate of drug-likeness (QED) is 0.0265. The van der Waals surface area contributed by atoms with E-state index in [4.69, 9.17) is 24.3 Å². The Morgan fingerprint density at radius 2 is 0.766 bits per heavy atom. The number of rotatable bonds is 53. The molecule has 0 bridgehead atoms. The number of hydrogen-bond donors (Lipinski definition) is 2. The Hall–Kier alpha value is -1.25. The van der Waals surface area contributed by atoms with E-state index in [0.29, 0.717) is 6.42 Å². The summed E-state index contributed by atoms with van der Waals surface area (Å²) in [5.74, 6) is -0.817. The lowest BCUT2D eigenvalue weighted by Crippen LogP contribution is -2.29. The Morgan fingerprint density at radius 3 is 1.11 bits per heavy atom. The van der Waals surface area contributed by atoms with Gasteiger partial charge in [0.05, 0.1) is 13.2 Å². The van der Waals surface area contributed by atoms with Gasteiger partial charge in [0.2, 0.25) is 0 Å². The third-order valence-corrected chi connectivity index (χ3v) is 13.4. The van der Waals surface area contributed by atoms with Crippen LogP contribution in [0.3, 0.4) is 0 Å². The highest BCUT2D eigenvalue weighted by Gasteiger charge is 2.26. The average molecular weight is 928 g/mol. The number of phosphoric acid groups is 1. The van der Waals surface area contributed by atoms with Crippen LogP contribution in [0.25, 0.3) is 0 Å². The molecule has 0 amide bonds. The van der Waals surface area contributed by atoms with Crippen LogP contribution in [0, 0.1) is 0 Å². The van der Waals surface area contributed by atoms with Crippen molar-refractivity contribution in [2.45, 2.75) is 296 Å². The lowest BCUT2D eigenvalue weighted by Gasteiger charge is -2.19. The molecule has 0 aliphatic carbocycles. The molecule has 380 valence electrons. The Bertz CT molecular complexity index is 1060. The highest BCUT2D eigenvalue weighted by Crippen LogP contribution is 2.43. The highest BCUT2D eigenvalue weighted by molar-refractivity contribution is 7.47. The van der Waals surface area contributed by atoms with Crippen molar-refractivity contribution in [1.29, 1.82) is 0 Å². The first-order chi connectivity index (χ1) is 31.3. The van der Waals surface area contributed by atoms with E-state index in [1.807, 2.05) is 0 Å². The minimum atomic E-state index is -4.37. The van der Waals surface area contributed by atoms with Gasteiger partial charge in [0.25, 0.3) is 0 Å². The standard InChI is InChI=1S/C54H106NO8P/c1-3-5-7-9-11-13-14-15-16-17-18-19-20-21-22-23-24-25-26-27-28-29-30-31-32-33-34-35-36-37-38-39-41-43-45-47-54(57)63-52(51-62-64(58,59)61-49-48-55)50-60-53(56)46-44-42-40-12-10-8-6-4-2/h17-18,52H,3-16,19-51,55H2,1-2H3,(H,58,59)/b18-17-. The van der Waals surface area contributed by atoms with Gasteiger partial charge in [0, 0.05) is 19.4 Å². The molecule has 0 saturated carbocycles. The fourth-order valence-corrected chi connectivity index (χ4v) is 9.05. The van der Waals surface area contributed by atoms with E-state index < -0.39 is 26.5 Å². The van der Waals surface area contributed by atoms with Crippen LogP contribution in [0.4, 0.5) is 0 Å². The predicted octanol–water partition coefficient (Wildman–Crippen LogP) is 16.9. The number of unbranched alkanes of at least 4 members (excludes halogenated alkanes) is 38. The number of ether oxygens (including phenoxy) is 2. The summed E-state index contributed by atoms with van der Waals surface area (Å²) in [5, 5.41) is 0. The summed E-state index contributed by atoms with van der Waals surface area (Å²) in [4.78, 5) is 34.8. The normalized spacial score (nSPS) is 13.1. The Kier molecular flexibility index (Phi) is 50.1. The maximum Gasteiger partial charge on any atom is 0.472 e. The molecule has 3 N–H and O–H groups in total. The summed E-state index contributed by atoms with van der Waals surface area (Å²) in [6.07, 6.45) is 57.5. The van der Waals surface area contributed by atoms with E-state index >= 15 is 0 Å². The second kappa shape index (κ2) is 51.1. The van der Waals surface area contributed by atoms with Gasteiger partial charge in [-0.3, -0.25) is 18.6 Å². The number of nitrogens with two attached hydrogens (primary N) is 1. The zero-order chi connectivity index (χ0) is 46.7. The number of carbonyl (C=O) groups excluding carboxylic acids is 2. The van der Waals surface area contributed by atoms with Gasteiger partial charge in [0.15, 0.2) is 6.10 Å². The van der Waals surface area contributed by atoms with Gasteiger partial charge in [-0.05, 0) is 38.5 Å². The van der Waals surface area contributed by atoms with Crippen LogP contribution in [0.2, 0.25) is 0 Å². The summed E-state index contributed by atoms with van der Waals surface area (Å²) in [6.45, 7) is 3.74. The first kappa shape index (κ1) is 62.8. The molecule has 9 nitrogen and oxygen atoms in total. The molecule has 64 heavy (non-hydrogen) atoms. The fourth-order valence-electron chi connectivity index (χ4n) is 8.28. The molecule has 0 spiro atoms. The molecule has 0 rings (SSSR count). The van der Waals surface area contributed by atoms with Gasteiger partial charge in [-0.2, -0.15) is 0 Å². The molecule has 2 unspecified atom stereocenters. The largest absolute Gasteiger partial charge is 0.472 e. The maximum absolute atomic E-state index is 12.6. The lowest BCUT2D eigenvalue weighted by atomic mass is 10.0. The molecule has 0 aromatic rings. The topological polar surface area (TPSA) is 134 Å². The van der Waals surface area contributed by atoms with Gasteiger partial charge < -0.3 is 20.1 Å². The van der Waals surface area contributed by atoms with Crippen molar-refractivity contribution >= 4 is 19.8 Å². The van der Waals surface area contributed by atoms with E-state index in [1.54, 1.807) is 0 Å². The molecule has 0 aliphatic heterocycles. The van der Waals surface area contributed by atoms with Crippen LogP contribution >= 0.6 is 7.82 Å². The van der Waals surface area contributed by atoms with Gasteiger partial charge in [-0.25, -0.2) is 4.57 Å². The second-order valence-corrected chi connectivity index (χ2v) is 20.3. The van der Waals surface area contributed by atoms with E-state index in [9.17, 15) is 19.0 Å². The van der Waals surface area contributed by atoms with Gasteiger partial charge in [-0.1, -0.05) is 251 Å². The Morgan fingerprint density at radius 1 is 0.453 bits per heavy atom. The van der Waals surface area contributed by atoms with Crippen LogP contribution in [0.15, 0.2) is 12.2 Å². The summed E-state index contributed by atoms with van der Waals surface area (Å²) >= 11 is 0. The molecule has 0 fully saturated rings. The van der Waals surface area contributed by atoms with E-state index in [2.05, 4.69) is 26.0 Å². The molecule has 0 heterocycles. The van der Waals surface area contributed by atoms with Crippen molar-refractivity contribution < 1.29 is 37.6 Å². The third-order valence-electron chi connectivity index (χ3n) is 12.4. The summed E-state index contributed by atoms with van der Waals surface area (Å²) in [5.41, 5.74) is 5.35. The molecule has 0 saturated heterocycles. The van der Waals surface area contributed by atoms with Crippen molar-refractivity contribution in [3.63, 3.8) is 0 Å². The number of hydrogen-bond acceptors (Lipinski definition) is 8. The zero-order valence-electron chi connectivity index (χ0n) is 42.3. The average Bonchev–Trinajstić information content (AvgIpc) is 3.28. The fraction of sp³-hybridized carbons (Fsp3) is 0.926. The smallest absolute Gasteiger partial charge is 0.462 e. The Labute approximate surface area is 396 Å². The van der Waals surface area contributed by atoms with Crippen LogP contribution in [-0.4, -0.2) is 49.3 Å². The summed E-state index contributed by atoms with van der Waals surface area (Å²) in [7, 11) is -4.37. The van der Waals surface area contributed by atoms with E-state index in [1.165, 1.54) is 225 Å². The van der Waals surface area contributed by atoms with Gasteiger partial charge >= 0.3 is 19.8 Å². The highest BCUT2D eigenvalue weighted by atomic mass is 31.2. The molecule has 0 aromatic carbocycles. The second-order valence-electron chi connectivity index (χ2n) is 18.8. The van der Waals surface area contributed by atoms with Crippen molar-refractivity contribution in [3.05, 3.63) is 12.2 Å². The number of esters is 2. The SMILES string of the molecule is CCCCCCCCCC/C=C\CCCCCCCCCCCCCCCCCCCCCCCCCC(=O)OC(COC(=O)CCCCCCCCCC)COP(=O)(O)OCCN. The molecule has 0 aliphatic rings. The first-order valence-corrected chi connectivity index (χ1v) is 29.2. The summed E-state index contributed by atoms with van der Waals surface area (Å²) < 4.78 is 32.8. The predicted molar refractivity (Wildman–Crippen MR) is 271 cm³/mol. The van der Waals surface area contributed by atoms with Crippen molar-refractivity contribution in [3.8, 4) is 0 Å². The molecule has 0 radical (unpaired) electrons. The van der Waals surface area contributed by atoms with Crippen molar-refractivity contribution in [1.82, 2.24) is 0 Å². The lowest BCUT2D eigenvalue weighted by molar-refractivity contribution is -0.161. The molecular formula is C54H106NO8P. The van der Waals surface area contributed by atoms with E-state index in [0.717, 1.165) is 32.1 Å². The van der Waals surface area contributed by atoms with Crippen LogP contribution in [0.5, 0.6) is 0 Å². The van der Waals surface area contributed by atoms with E-state index in [-0.39, 0.29) is 38.6 Å². The van der Waals surface area contributed by atoms with Gasteiger partial charge in [-0.15, -0.1) is 0 Å². The molecule has 10 heteroatoms. The molecule has 0 aromatic heterocycles. The molecule has 2 atom stereocenters. The minimum absolute atomic E-state index is 0.0572. The van der Waals surface area contributed by atoms with Gasteiger partial charge in [0.1, 0.15) is 6.61 Å². The van der Waals surface area contributed by atoms with Crippen molar-refractivity contribution in [2.75, 3.05) is 26.4 Å². The van der Waals surface area contributed by atoms with Crippen molar-refractivity contribution in [2.24, 2.45) is 5.73 Å². The maximum atomic E-state index is 12.6.